The van der Waals surface area contributed by atoms with Crippen LogP contribution in [-0.2, 0) is 11.2 Å². The van der Waals surface area contributed by atoms with Crippen molar-refractivity contribution in [3.63, 3.8) is 0 Å². The summed E-state index contributed by atoms with van der Waals surface area (Å²) in [6.45, 7) is 3.22. The summed E-state index contributed by atoms with van der Waals surface area (Å²) in [7, 11) is 1.52. The molecule has 0 radical (unpaired) electrons. The molecule has 2 N–H and O–H groups in total. The number of carbonyl (C=O) groups excluding carboxylic acids is 1. The molecule has 1 aromatic heterocycles. The number of nitrogens with zero attached hydrogens (tertiary/aromatic N) is 1. The van der Waals surface area contributed by atoms with Crippen molar-refractivity contribution in [3.8, 4) is 22.8 Å². The number of phenolic OH excluding ortho intramolecular Hbond substituents is 1. The van der Waals surface area contributed by atoms with Crippen molar-refractivity contribution in [2.75, 3.05) is 39.5 Å². The number of aromatic hydroxyl groups is 1. The fraction of sp³-hybridized carbons (Fsp3) is 0.318. The van der Waals surface area contributed by atoms with E-state index in [1.165, 1.54) is 7.11 Å². The molecular weight excluding hydrogens is 388 g/mol. The van der Waals surface area contributed by atoms with E-state index in [0.717, 1.165) is 58.9 Å². The molecule has 1 amide bonds. The van der Waals surface area contributed by atoms with Crippen LogP contribution in [0.15, 0.2) is 45.7 Å². The molecule has 0 spiro atoms. The maximum absolute atomic E-state index is 12.6. The number of furan rings is 1. The Morgan fingerprint density at radius 1 is 1.24 bits per heavy atom. The number of thioether (sulfide) groups is 1. The minimum Gasteiger partial charge on any atom is -0.504 e. The highest BCUT2D eigenvalue weighted by atomic mass is 32.2. The Balaban J connectivity index is 1.67. The Labute approximate surface area is 173 Å². The predicted octanol–water partition coefficient (Wildman–Crippen LogP) is 3.51. The fourth-order valence-electron chi connectivity index (χ4n) is 3.64. The Bertz CT molecular complexity index is 1040. The van der Waals surface area contributed by atoms with Gasteiger partial charge in [0, 0.05) is 37.1 Å². The van der Waals surface area contributed by atoms with Crippen LogP contribution >= 0.6 is 11.8 Å². The molecule has 2 aromatic carbocycles. The average Bonchev–Trinajstić information content (AvgIpc) is 3.12. The van der Waals surface area contributed by atoms with Gasteiger partial charge < -0.3 is 24.5 Å². The summed E-state index contributed by atoms with van der Waals surface area (Å²) >= 11 is 1.60. The van der Waals surface area contributed by atoms with E-state index in [9.17, 15) is 9.90 Å². The molecule has 1 fully saturated rings. The Hall–Kier alpha value is -2.64. The number of hydrogen-bond donors (Lipinski definition) is 2. The van der Waals surface area contributed by atoms with Gasteiger partial charge in [0.2, 0.25) is 5.91 Å². The predicted molar refractivity (Wildman–Crippen MR) is 115 cm³/mol. The lowest BCUT2D eigenvalue weighted by atomic mass is 10.1. The Kier molecular flexibility index (Phi) is 5.69. The van der Waals surface area contributed by atoms with Crippen LogP contribution in [0.3, 0.4) is 0 Å². The SMILES string of the molecule is COc1cc(-c2oc3ccc(CC(=O)N4CCNCC4)cc3c2SC)ccc1O. The maximum Gasteiger partial charge on any atom is 0.227 e. The molecule has 0 saturated carbocycles. The first-order valence-electron chi connectivity index (χ1n) is 9.56. The van der Waals surface area contributed by atoms with Crippen molar-refractivity contribution in [2.24, 2.45) is 0 Å². The number of carbonyl (C=O) groups is 1. The van der Waals surface area contributed by atoms with Gasteiger partial charge in [-0.2, -0.15) is 0 Å². The van der Waals surface area contributed by atoms with Crippen LogP contribution < -0.4 is 10.1 Å². The van der Waals surface area contributed by atoms with Crippen molar-refractivity contribution in [2.45, 2.75) is 11.3 Å². The first kappa shape index (κ1) is 19.7. The van der Waals surface area contributed by atoms with Crippen molar-refractivity contribution in [3.05, 3.63) is 42.0 Å². The number of piperazine rings is 1. The van der Waals surface area contributed by atoms with E-state index >= 15 is 0 Å². The monoisotopic (exact) mass is 412 g/mol. The van der Waals surface area contributed by atoms with Crippen LogP contribution in [0, 0.1) is 0 Å². The van der Waals surface area contributed by atoms with Crippen LogP contribution in [-0.4, -0.2) is 55.5 Å². The number of hydrogen-bond acceptors (Lipinski definition) is 6. The molecule has 152 valence electrons. The lowest BCUT2D eigenvalue weighted by Crippen LogP contribution is -2.46. The van der Waals surface area contributed by atoms with Gasteiger partial charge in [0.1, 0.15) is 11.3 Å². The van der Waals surface area contributed by atoms with Crippen molar-refractivity contribution in [1.82, 2.24) is 10.2 Å². The van der Waals surface area contributed by atoms with Crippen LogP contribution in [0.5, 0.6) is 11.5 Å². The lowest BCUT2D eigenvalue weighted by Gasteiger charge is -2.27. The van der Waals surface area contributed by atoms with Gasteiger partial charge >= 0.3 is 0 Å². The minimum atomic E-state index is 0.0896. The highest BCUT2D eigenvalue weighted by Crippen LogP contribution is 2.41. The molecule has 1 saturated heterocycles. The smallest absolute Gasteiger partial charge is 0.227 e. The summed E-state index contributed by atoms with van der Waals surface area (Å²) in [5.74, 6) is 1.38. The number of methoxy groups -OCH3 is 1. The summed E-state index contributed by atoms with van der Waals surface area (Å²) in [4.78, 5) is 15.5. The summed E-state index contributed by atoms with van der Waals surface area (Å²) in [5.41, 5.74) is 2.58. The van der Waals surface area contributed by atoms with E-state index in [1.807, 2.05) is 35.4 Å². The largest absolute Gasteiger partial charge is 0.504 e. The van der Waals surface area contributed by atoms with Gasteiger partial charge in [0.15, 0.2) is 11.5 Å². The molecule has 4 rings (SSSR count). The molecule has 0 atom stereocenters. The summed E-state index contributed by atoms with van der Waals surface area (Å²) in [6.07, 6.45) is 2.39. The first-order chi connectivity index (χ1) is 14.1. The second-order valence-electron chi connectivity index (χ2n) is 6.99. The normalized spacial score (nSPS) is 14.3. The van der Waals surface area contributed by atoms with Gasteiger partial charge in [0.05, 0.1) is 18.4 Å². The molecule has 3 aromatic rings. The van der Waals surface area contributed by atoms with Gasteiger partial charge in [-0.1, -0.05) is 6.07 Å². The molecule has 0 aliphatic carbocycles. The van der Waals surface area contributed by atoms with Gasteiger partial charge in [-0.05, 0) is 42.2 Å². The van der Waals surface area contributed by atoms with Crippen LogP contribution in [0.1, 0.15) is 5.56 Å². The maximum atomic E-state index is 12.6. The summed E-state index contributed by atoms with van der Waals surface area (Å²) in [6, 6.07) is 11.1. The van der Waals surface area contributed by atoms with Crippen molar-refractivity contribution < 1.29 is 19.1 Å². The zero-order chi connectivity index (χ0) is 20.4. The number of fused-ring (bicyclic) bond motifs is 1. The van der Waals surface area contributed by atoms with E-state index in [0.29, 0.717) is 12.2 Å². The zero-order valence-electron chi connectivity index (χ0n) is 16.5. The van der Waals surface area contributed by atoms with E-state index in [1.54, 1.807) is 23.9 Å². The van der Waals surface area contributed by atoms with Gasteiger partial charge in [-0.3, -0.25) is 4.79 Å². The zero-order valence-corrected chi connectivity index (χ0v) is 17.3. The van der Waals surface area contributed by atoms with E-state index in [4.69, 9.17) is 9.15 Å². The molecule has 1 aliphatic rings. The first-order valence-corrected chi connectivity index (χ1v) is 10.8. The molecule has 0 unspecified atom stereocenters. The molecule has 0 bridgehead atoms. The Morgan fingerprint density at radius 3 is 2.76 bits per heavy atom. The summed E-state index contributed by atoms with van der Waals surface area (Å²) < 4.78 is 11.4. The molecule has 2 heterocycles. The highest BCUT2D eigenvalue weighted by Gasteiger charge is 2.20. The lowest BCUT2D eigenvalue weighted by molar-refractivity contribution is -0.131. The third kappa shape index (κ3) is 3.93. The van der Waals surface area contributed by atoms with Gasteiger partial charge in [0.25, 0.3) is 0 Å². The van der Waals surface area contributed by atoms with Crippen LogP contribution in [0.25, 0.3) is 22.3 Å². The van der Waals surface area contributed by atoms with E-state index in [-0.39, 0.29) is 11.7 Å². The fourth-order valence-corrected chi connectivity index (χ4v) is 4.37. The van der Waals surface area contributed by atoms with Gasteiger partial charge in [-0.15, -0.1) is 11.8 Å². The quantitative estimate of drug-likeness (QED) is 0.625. The summed E-state index contributed by atoms with van der Waals surface area (Å²) in [5, 5.41) is 14.1. The average molecular weight is 413 g/mol. The number of benzene rings is 2. The number of rotatable bonds is 5. The van der Waals surface area contributed by atoms with Gasteiger partial charge in [-0.25, -0.2) is 0 Å². The molecule has 1 aliphatic heterocycles. The van der Waals surface area contributed by atoms with Crippen molar-refractivity contribution in [1.29, 1.82) is 0 Å². The van der Waals surface area contributed by atoms with E-state index in [2.05, 4.69) is 5.32 Å². The standard InChI is InChI=1S/C22H24N2O4S/c1-27-19-13-15(4-5-17(19)25)21-22(29-2)16-11-14(3-6-18(16)28-21)12-20(26)24-9-7-23-8-10-24/h3-6,11,13,23,25H,7-10,12H2,1-2H3. The van der Waals surface area contributed by atoms with Crippen LogP contribution in [0.4, 0.5) is 0 Å². The second kappa shape index (κ2) is 8.39. The van der Waals surface area contributed by atoms with Crippen LogP contribution in [0.2, 0.25) is 0 Å². The molecule has 7 heteroatoms. The molecular formula is C22H24N2O4S. The number of ether oxygens (including phenoxy) is 1. The minimum absolute atomic E-state index is 0.0896. The van der Waals surface area contributed by atoms with E-state index < -0.39 is 0 Å². The molecule has 6 nitrogen and oxygen atoms in total. The Morgan fingerprint density at radius 2 is 2.03 bits per heavy atom. The van der Waals surface area contributed by atoms with Crippen molar-refractivity contribution >= 4 is 28.6 Å². The third-order valence-corrected chi connectivity index (χ3v) is 5.99. The number of phenols is 1. The third-order valence-electron chi connectivity index (χ3n) is 5.18. The number of nitrogens with one attached hydrogen (secondary N) is 1. The highest BCUT2D eigenvalue weighted by molar-refractivity contribution is 7.99. The second-order valence-corrected chi connectivity index (χ2v) is 7.81. The number of amides is 1. The molecule has 29 heavy (non-hydrogen) atoms. The topological polar surface area (TPSA) is 74.9 Å².